The lowest BCUT2D eigenvalue weighted by Gasteiger charge is -2.54. The van der Waals surface area contributed by atoms with Crippen LogP contribution in [-0.2, 0) is 4.74 Å². The fourth-order valence-corrected chi connectivity index (χ4v) is 4.48. The Bertz CT molecular complexity index is 476. The summed E-state index contributed by atoms with van der Waals surface area (Å²) < 4.78 is 5.79. The Morgan fingerprint density at radius 1 is 1.38 bits per heavy atom. The first-order valence-electron chi connectivity index (χ1n) is 9.73. The van der Waals surface area contributed by atoms with E-state index in [1.165, 1.54) is 38.5 Å². The molecule has 1 heterocycles. The molecule has 0 amide bonds. The number of hydrogen-bond acceptors (Lipinski definition) is 4. The van der Waals surface area contributed by atoms with E-state index in [1.54, 1.807) is 0 Å². The van der Waals surface area contributed by atoms with Gasteiger partial charge in [-0.25, -0.2) is 0 Å². The molecule has 4 heteroatoms. The van der Waals surface area contributed by atoms with Crippen molar-refractivity contribution in [1.82, 2.24) is 10.2 Å². The molecule has 4 atom stereocenters. The summed E-state index contributed by atoms with van der Waals surface area (Å²) in [6, 6.07) is 1.72. The number of fused-ring (bicyclic) bond motifs is 1. The molecule has 2 aliphatic carbocycles. The zero-order valence-electron chi connectivity index (χ0n) is 15.3. The number of rotatable bonds is 7. The molecule has 2 unspecified atom stereocenters. The highest BCUT2D eigenvalue weighted by Crippen LogP contribution is 2.33. The maximum absolute atomic E-state index is 5.79. The summed E-state index contributed by atoms with van der Waals surface area (Å²) in [6.45, 7) is 9.74. The molecule has 0 spiro atoms. The van der Waals surface area contributed by atoms with Crippen LogP contribution in [0.1, 0.15) is 58.8 Å². The van der Waals surface area contributed by atoms with Crippen LogP contribution in [0.15, 0.2) is 24.5 Å². The van der Waals surface area contributed by atoms with Crippen molar-refractivity contribution < 1.29 is 4.74 Å². The zero-order valence-corrected chi connectivity index (χ0v) is 16.2. The Balaban J connectivity index is 1.71. The van der Waals surface area contributed by atoms with Gasteiger partial charge < -0.3 is 10.1 Å². The van der Waals surface area contributed by atoms with Gasteiger partial charge in [0, 0.05) is 36.0 Å². The van der Waals surface area contributed by atoms with E-state index in [4.69, 9.17) is 4.74 Å². The van der Waals surface area contributed by atoms with Gasteiger partial charge in [-0.3, -0.25) is 4.90 Å². The Morgan fingerprint density at radius 3 is 2.79 bits per heavy atom. The Labute approximate surface area is 153 Å². The summed E-state index contributed by atoms with van der Waals surface area (Å²) in [5, 5.41) is 3.91. The molecule has 0 aromatic heterocycles. The maximum Gasteiger partial charge on any atom is 0.112 e. The van der Waals surface area contributed by atoms with Gasteiger partial charge in [0.25, 0.3) is 0 Å². The van der Waals surface area contributed by atoms with Gasteiger partial charge in [0.2, 0.25) is 0 Å². The lowest BCUT2D eigenvalue weighted by atomic mass is 9.82. The molecule has 0 aromatic carbocycles. The minimum absolute atomic E-state index is 0.102. The summed E-state index contributed by atoms with van der Waals surface area (Å²) in [5.74, 6) is 1.70. The summed E-state index contributed by atoms with van der Waals surface area (Å²) in [7, 11) is 0. The van der Waals surface area contributed by atoms with Crippen LogP contribution < -0.4 is 5.32 Å². The molecule has 24 heavy (non-hydrogen) atoms. The van der Waals surface area contributed by atoms with Crippen LogP contribution in [0.3, 0.4) is 0 Å². The molecule has 3 rings (SSSR count). The molecule has 0 aromatic rings. The van der Waals surface area contributed by atoms with Gasteiger partial charge in [-0.15, -0.1) is 0 Å². The smallest absolute Gasteiger partial charge is 0.112 e. The molecule has 136 valence electrons. The predicted octanol–water partition coefficient (Wildman–Crippen LogP) is 3.92. The van der Waals surface area contributed by atoms with Crippen molar-refractivity contribution in [2.24, 2.45) is 0 Å². The molecule has 0 bridgehead atoms. The van der Waals surface area contributed by atoms with Gasteiger partial charge >= 0.3 is 0 Å². The van der Waals surface area contributed by atoms with E-state index in [9.17, 15) is 0 Å². The average molecular weight is 351 g/mol. The van der Waals surface area contributed by atoms with Crippen molar-refractivity contribution in [2.75, 3.05) is 12.3 Å². The van der Waals surface area contributed by atoms with Crippen LogP contribution in [0.2, 0.25) is 0 Å². The van der Waals surface area contributed by atoms with Crippen molar-refractivity contribution >= 4 is 12.6 Å². The molecule has 1 saturated heterocycles. The van der Waals surface area contributed by atoms with Gasteiger partial charge in [-0.1, -0.05) is 32.4 Å². The first kappa shape index (κ1) is 18.3. The molecular weight excluding hydrogens is 316 g/mol. The largest absolute Gasteiger partial charge is 0.491 e. The molecule has 3 fully saturated rings. The van der Waals surface area contributed by atoms with Crippen molar-refractivity contribution in [3.63, 3.8) is 0 Å². The fraction of sp³-hybridized carbons (Fsp3) is 0.800. The fourth-order valence-electron chi connectivity index (χ4n) is 4.29. The second-order valence-corrected chi connectivity index (χ2v) is 8.43. The number of hydrogen-bond donors (Lipinski definition) is 2. The van der Waals surface area contributed by atoms with Gasteiger partial charge in [0.15, 0.2) is 0 Å². The highest BCUT2D eigenvalue weighted by molar-refractivity contribution is 7.80. The lowest BCUT2D eigenvalue weighted by molar-refractivity contribution is 0.0159. The van der Waals surface area contributed by atoms with Gasteiger partial charge in [0.05, 0.1) is 6.10 Å². The summed E-state index contributed by atoms with van der Waals surface area (Å²) in [5.41, 5.74) is 0.102. The highest BCUT2D eigenvalue weighted by Gasteiger charge is 2.43. The third-order valence-electron chi connectivity index (χ3n) is 5.76. The zero-order chi connectivity index (χ0) is 17.2. The van der Waals surface area contributed by atoms with Crippen LogP contribution in [0.4, 0.5) is 0 Å². The highest BCUT2D eigenvalue weighted by atomic mass is 32.1. The van der Waals surface area contributed by atoms with E-state index in [0.29, 0.717) is 24.2 Å². The predicted molar refractivity (Wildman–Crippen MR) is 105 cm³/mol. The van der Waals surface area contributed by atoms with E-state index in [-0.39, 0.29) is 5.54 Å². The van der Waals surface area contributed by atoms with Crippen LogP contribution in [0.25, 0.3) is 0 Å². The first-order chi connectivity index (χ1) is 11.5. The van der Waals surface area contributed by atoms with Crippen molar-refractivity contribution in [1.29, 1.82) is 0 Å². The van der Waals surface area contributed by atoms with Crippen molar-refractivity contribution in [3.8, 4) is 0 Å². The Kier molecular flexibility index (Phi) is 5.99. The molecule has 0 radical (unpaired) electrons. The van der Waals surface area contributed by atoms with Crippen LogP contribution in [-0.4, -0.2) is 47.0 Å². The van der Waals surface area contributed by atoms with E-state index in [1.807, 2.05) is 0 Å². The average Bonchev–Trinajstić information content (AvgIpc) is 3.39. The second kappa shape index (κ2) is 7.84. The standard InChI is InChI=1S/C20H34N2OS/c1-4-16(10-9-15(2)23-17-11-12-17)22-13-20(3,14-24)21-18-7-5-6-8-19(18)22/h9-10,16-19,21,24H,2,4-8,11-14H2,1,3H3/b10-9-/t16-,18+,19?,20?/m1/s1. The molecule has 3 nitrogen and oxygen atoms in total. The van der Waals surface area contributed by atoms with Crippen LogP contribution in [0.5, 0.6) is 0 Å². The number of piperazine rings is 1. The maximum atomic E-state index is 5.79. The second-order valence-electron chi connectivity index (χ2n) is 8.11. The van der Waals surface area contributed by atoms with Gasteiger partial charge in [-0.05, 0) is 45.1 Å². The van der Waals surface area contributed by atoms with Gasteiger partial charge in [0.1, 0.15) is 5.76 Å². The molecule has 3 aliphatic rings. The number of ether oxygens (including phenoxy) is 1. The Hall–Kier alpha value is -0.450. The SMILES string of the molecule is C=C(/C=C\[C@@H](CC)N1CC(C)(CS)N[C@H]2CCCCC21)OC1CC1. The third-order valence-corrected chi connectivity index (χ3v) is 6.46. The van der Waals surface area contributed by atoms with E-state index in [0.717, 1.165) is 24.5 Å². The van der Waals surface area contributed by atoms with E-state index in [2.05, 4.69) is 55.4 Å². The van der Waals surface area contributed by atoms with Crippen LogP contribution in [0, 0.1) is 0 Å². The number of nitrogens with one attached hydrogen (secondary N) is 1. The number of allylic oxidation sites excluding steroid dienone is 1. The van der Waals surface area contributed by atoms with Crippen LogP contribution >= 0.6 is 12.6 Å². The Morgan fingerprint density at radius 2 is 2.12 bits per heavy atom. The number of nitrogens with zero attached hydrogens (tertiary/aromatic N) is 1. The van der Waals surface area contributed by atoms with Crippen molar-refractivity contribution in [2.45, 2.75) is 88.6 Å². The summed E-state index contributed by atoms with van der Waals surface area (Å²) in [6.07, 6.45) is 13.7. The summed E-state index contributed by atoms with van der Waals surface area (Å²) in [4.78, 5) is 2.73. The first-order valence-corrected chi connectivity index (χ1v) is 10.4. The van der Waals surface area contributed by atoms with Crippen molar-refractivity contribution in [3.05, 3.63) is 24.5 Å². The van der Waals surface area contributed by atoms with E-state index < -0.39 is 0 Å². The number of thiol groups is 1. The monoisotopic (exact) mass is 350 g/mol. The molecule has 2 saturated carbocycles. The lowest BCUT2D eigenvalue weighted by Crippen LogP contribution is -2.70. The minimum atomic E-state index is 0.102. The normalized spacial score (nSPS) is 35.6. The third kappa shape index (κ3) is 4.39. The topological polar surface area (TPSA) is 24.5 Å². The van der Waals surface area contributed by atoms with E-state index >= 15 is 0 Å². The molecule has 1 N–H and O–H groups in total. The molecular formula is C20H34N2OS. The minimum Gasteiger partial charge on any atom is -0.491 e. The summed E-state index contributed by atoms with van der Waals surface area (Å²) >= 11 is 4.63. The molecule has 1 aliphatic heterocycles. The quantitative estimate of drug-likeness (QED) is 0.413. The van der Waals surface area contributed by atoms with Gasteiger partial charge in [-0.2, -0.15) is 12.6 Å².